The predicted molar refractivity (Wildman–Crippen MR) is 181 cm³/mol. The fourth-order valence-corrected chi connectivity index (χ4v) is 8.41. The third-order valence-electron chi connectivity index (χ3n) is 7.76. The van der Waals surface area contributed by atoms with Crippen molar-refractivity contribution < 1.29 is 68.8 Å². The Balaban J connectivity index is 0.00000504. The summed E-state index contributed by atoms with van der Waals surface area (Å²) in [5.74, 6) is -5.02. The van der Waals surface area contributed by atoms with E-state index in [9.17, 15) is 39.3 Å². The first-order chi connectivity index (χ1) is 23.9. The zero-order chi connectivity index (χ0) is 35.7. The summed E-state index contributed by atoms with van der Waals surface area (Å²) >= 11 is 3.30. The number of amides is 4. The summed E-state index contributed by atoms with van der Waals surface area (Å²) in [6.45, 7) is 1.93. The van der Waals surface area contributed by atoms with Gasteiger partial charge >= 0.3 is 29.6 Å². The van der Waals surface area contributed by atoms with Crippen LogP contribution in [-0.2, 0) is 14.4 Å². The number of β-lactam (4-membered cyclic amide) rings is 1. The van der Waals surface area contributed by atoms with Crippen LogP contribution in [0.2, 0.25) is 0 Å². The van der Waals surface area contributed by atoms with Gasteiger partial charge in [-0.2, -0.15) is 0 Å². The number of thioether (sulfide) groups is 2. The molecule has 1 saturated heterocycles. The molecule has 19 heteroatoms. The maximum atomic E-state index is 13.7. The number of benzene rings is 2. The van der Waals surface area contributed by atoms with Crippen LogP contribution in [0.3, 0.4) is 0 Å². The number of aromatic hydroxyl groups is 2. The van der Waals surface area contributed by atoms with E-state index in [1.54, 1.807) is 6.07 Å². The molecule has 2 aliphatic heterocycles. The number of hydrogen-bond donors (Lipinski definition) is 5. The van der Waals surface area contributed by atoms with E-state index < -0.39 is 52.9 Å². The van der Waals surface area contributed by atoms with Gasteiger partial charge in [0.1, 0.15) is 28.8 Å². The zero-order valence-corrected chi connectivity index (χ0v) is 31.3. The number of pyridine rings is 1. The number of aliphatic carboxylic acids is 1. The second-order valence-electron chi connectivity index (χ2n) is 11.1. The molecule has 6 rings (SSSR count). The number of carboxylic acid groups (broad SMARTS) is 1. The molecule has 0 saturated carbocycles. The number of phenolic OH excluding ortho intramolecular Hbond substituents is 1. The molecule has 4 heterocycles. The van der Waals surface area contributed by atoms with Crippen LogP contribution in [0, 0.1) is 6.92 Å². The van der Waals surface area contributed by atoms with E-state index >= 15 is 0 Å². The summed E-state index contributed by atoms with van der Waals surface area (Å²) in [6, 6.07) is 13.3. The van der Waals surface area contributed by atoms with E-state index in [4.69, 9.17) is 5.73 Å². The van der Waals surface area contributed by atoms with Crippen molar-refractivity contribution in [2.75, 3.05) is 11.5 Å². The number of nitrogens with one attached hydrogen (secondary N) is 2. The van der Waals surface area contributed by atoms with Gasteiger partial charge in [0.2, 0.25) is 16.8 Å². The standard InChI is InChI=1S/C32H27N7O8S3.Na/c1-14-2-4-15(5-3-14)20-11-10-19(25(42)34-20)26(43)35-21(16-6-8-18(40)9-7-16)27(44)36-22-29(45)39-23(31(46)47)17(12-48-30(22)39)13-49-32-38-37-28(50-32)24(33)41;/h2-11,21-22,30,40H,12-13H2,1H3,(H2,33,41)(H,34,42)(H,35,43)(H,36,44)(H,46,47);/q;+1/p-1/t21?,22?,30-;/m0./s1. The summed E-state index contributed by atoms with van der Waals surface area (Å²) in [6.07, 6.45) is 0. The molecule has 2 aromatic heterocycles. The monoisotopic (exact) mass is 755 g/mol. The quantitative estimate of drug-likeness (QED) is 0.0639. The third-order valence-corrected chi connectivity index (χ3v) is 11.3. The van der Waals surface area contributed by atoms with Crippen molar-refractivity contribution in [3.63, 3.8) is 0 Å². The van der Waals surface area contributed by atoms with Crippen molar-refractivity contribution in [1.29, 1.82) is 0 Å². The minimum atomic E-state index is -1.57. The number of nitrogens with zero attached hydrogens (tertiary/aromatic N) is 4. The number of aryl methyl sites for hydroxylation is 1. The van der Waals surface area contributed by atoms with Crippen LogP contribution in [0.1, 0.15) is 37.3 Å². The van der Waals surface area contributed by atoms with Gasteiger partial charge in [-0.3, -0.25) is 24.1 Å². The number of carboxylic acids is 1. The van der Waals surface area contributed by atoms with E-state index in [1.807, 2.05) is 31.2 Å². The maximum Gasteiger partial charge on any atom is 1.00 e. The number of carbonyl (C=O) groups is 5. The Morgan fingerprint density at radius 1 is 1.06 bits per heavy atom. The maximum absolute atomic E-state index is 13.7. The summed E-state index contributed by atoms with van der Waals surface area (Å²) < 4.78 is 0.379. The van der Waals surface area contributed by atoms with Gasteiger partial charge in [0.05, 0.1) is 17.4 Å². The molecule has 0 spiro atoms. The van der Waals surface area contributed by atoms with E-state index in [2.05, 4.69) is 25.8 Å². The number of hydrogen-bond acceptors (Lipinski definition) is 14. The molecule has 4 aromatic rings. The van der Waals surface area contributed by atoms with E-state index in [0.29, 0.717) is 15.6 Å². The van der Waals surface area contributed by atoms with Crippen LogP contribution < -0.4 is 51.0 Å². The molecular weight excluding hydrogens is 730 g/mol. The van der Waals surface area contributed by atoms with Crippen LogP contribution in [0.4, 0.5) is 0 Å². The Kier molecular flexibility index (Phi) is 11.7. The van der Waals surface area contributed by atoms with Crippen molar-refractivity contribution in [3.05, 3.63) is 93.6 Å². The molecule has 15 nitrogen and oxygen atoms in total. The van der Waals surface area contributed by atoms with Gasteiger partial charge in [0.25, 0.3) is 17.7 Å². The van der Waals surface area contributed by atoms with Gasteiger partial charge in [0, 0.05) is 17.1 Å². The summed E-state index contributed by atoms with van der Waals surface area (Å²) in [5.41, 5.74) is 7.49. The molecular formula is C32H26N7NaO8S3. The van der Waals surface area contributed by atoms with Gasteiger partial charge in [-0.25, -0.2) is 4.98 Å². The SMILES string of the molecule is Cc1ccc(-c2ccc(C(=O)NC(C(=O)NC3C(=O)N4C(C(=O)[O-])=C(CSc5nnc(C(N)=O)s5)CS[C@@H]34)c3ccc(O)cc3)c(O)n2)cc1.[Na+]. The third kappa shape index (κ3) is 8.05. The molecule has 2 aliphatic rings. The molecule has 2 aromatic carbocycles. The first-order valence-corrected chi connectivity index (χ1v) is 17.6. The number of primary amides is 1. The number of phenols is 1. The van der Waals surface area contributed by atoms with Crippen LogP contribution in [0.25, 0.3) is 11.3 Å². The second kappa shape index (κ2) is 15.8. The summed E-state index contributed by atoms with van der Waals surface area (Å²) in [4.78, 5) is 69.2. The van der Waals surface area contributed by atoms with Crippen LogP contribution in [-0.4, -0.2) is 82.8 Å². The molecule has 256 valence electrons. The van der Waals surface area contributed by atoms with Gasteiger partial charge in [-0.1, -0.05) is 65.1 Å². The first-order valence-electron chi connectivity index (χ1n) is 14.7. The molecule has 6 N–H and O–H groups in total. The predicted octanol–water partition coefficient (Wildman–Crippen LogP) is -1.91. The number of nitrogens with two attached hydrogens (primary N) is 1. The minimum Gasteiger partial charge on any atom is -0.543 e. The summed E-state index contributed by atoms with van der Waals surface area (Å²) in [5, 5.41) is 44.6. The number of fused-ring (bicyclic) bond motifs is 1. The molecule has 51 heavy (non-hydrogen) atoms. The number of aromatic nitrogens is 3. The largest absolute Gasteiger partial charge is 1.00 e. The van der Waals surface area contributed by atoms with Gasteiger partial charge < -0.3 is 36.5 Å². The fourth-order valence-electron chi connectivity index (χ4n) is 5.22. The number of rotatable bonds is 11. The molecule has 0 aliphatic carbocycles. The van der Waals surface area contributed by atoms with Crippen molar-refractivity contribution in [3.8, 4) is 22.9 Å². The Bertz CT molecular complexity index is 2060. The van der Waals surface area contributed by atoms with E-state index in [-0.39, 0.29) is 68.6 Å². The number of carbonyl (C=O) groups excluding carboxylic acids is 5. The molecule has 1 fully saturated rings. The molecule has 3 atom stereocenters. The first kappa shape index (κ1) is 37.8. The molecule has 2 unspecified atom stereocenters. The van der Waals surface area contributed by atoms with Gasteiger partial charge in [-0.05, 0) is 42.3 Å². The van der Waals surface area contributed by atoms with Crippen molar-refractivity contribution in [2.45, 2.75) is 28.7 Å². The van der Waals surface area contributed by atoms with Crippen LogP contribution >= 0.6 is 34.9 Å². The minimum absolute atomic E-state index is 0. The molecule has 0 radical (unpaired) electrons. The smallest absolute Gasteiger partial charge is 0.543 e. The van der Waals surface area contributed by atoms with Crippen molar-refractivity contribution in [1.82, 2.24) is 30.7 Å². The molecule has 0 bridgehead atoms. The Morgan fingerprint density at radius 2 is 1.76 bits per heavy atom. The van der Waals surface area contributed by atoms with Crippen molar-refractivity contribution >= 4 is 64.5 Å². The molecule has 4 amide bonds. The second-order valence-corrected chi connectivity index (χ2v) is 14.4. The van der Waals surface area contributed by atoms with Gasteiger partial charge in [-0.15, -0.1) is 22.0 Å². The zero-order valence-electron chi connectivity index (χ0n) is 26.9. The Labute approximate surface area is 324 Å². The van der Waals surface area contributed by atoms with E-state index in [0.717, 1.165) is 39.1 Å². The Hall–Kier alpha value is -4.46. The summed E-state index contributed by atoms with van der Waals surface area (Å²) in [7, 11) is 0. The average Bonchev–Trinajstić information content (AvgIpc) is 3.58. The Morgan fingerprint density at radius 3 is 2.39 bits per heavy atom. The normalized spacial score (nSPS) is 17.0. The van der Waals surface area contributed by atoms with Gasteiger partial charge in [0.15, 0.2) is 4.34 Å². The van der Waals surface area contributed by atoms with Crippen molar-refractivity contribution in [2.24, 2.45) is 5.73 Å². The fraction of sp³-hybridized carbons (Fsp3) is 0.188. The van der Waals surface area contributed by atoms with Crippen LogP contribution in [0.15, 0.2) is 76.3 Å². The van der Waals surface area contributed by atoms with Crippen LogP contribution in [0.5, 0.6) is 11.6 Å². The van der Waals surface area contributed by atoms with E-state index in [1.165, 1.54) is 42.1 Å². The topological polar surface area (TPSA) is 241 Å². The average molecular weight is 756 g/mol.